The summed E-state index contributed by atoms with van der Waals surface area (Å²) in [5.41, 5.74) is 2.72. The van der Waals surface area contributed by atoms with E-state index >= 15 is 0 Å². The van der Waals surface area contributed by atoms with Crippen LogP contribution in [0.4, 0.5) is 0 Å². The Morgan fingerprint density at radius 3 is 2.45 bits per heavy atom. The first-order valence-electron chi connectivity index (χ1n) is 11.7. The standard InChI is InChI=1S/C27H33NO5/c1-6-7-8-9-23(29)20-14-22-19(16(2)12-17(3)27(22,4)5)13-21(20)26(32)33-24-11-10-18(15-28-24)25(30)31/h10-11,13-17H,6-9,12H2,1-5H3,(H,30,31). The number of carbonyl (C=O) groups excluding carboxylic acids is 2. The number of ether oxygens (including phenoxy) is 1. The van der Waals surface area contributed by atoms with Crippen LogP contribution in [-0.2, 0) is 5.41 Å². The molecule has 176 valence electrons. The molecule has 6 heteroatoms. The number of hydrogen-bond donors (Lipinski definition) is 1. The molecule has 2 unspecified atom stereocenters. The van der Waals surface area contributed by atoms with Crippen molar-refractivity contribution in [1.29, 1.82) is 0 Å². The second-order valence-electron chi connectivity index (χ2n) is 9.70. The molecule has 1 heterocycles. The van der Waals surface area contributed by atoms with Gasteiger partial charge in [-0.1, -0.05) is 47.5 Å². The predicted molar refractivity (Wildman–Crippen MR) is 126 cm³/mol. The van der Waals surface area contributed by atoms with Crippen LogP contribution in [0.3, 0.4) is 0 Å². The molecule has 1 aliphatic carbocycles. The molecule has 0 aliphatic heterocycles. The van der Waals surface area contributed by atoms with Crippen LogP contribution < -0.4 is 4.74 Å². The smallest absolute Gasteiger partial charge is 0.345 e. The third-order valence-electron chi connectivity index (χ3n) is 7.06. The Morgan fingerprint density at radius 1 is 1.12 bits per heavy atom. The van der Waals surface area contributed by atoms with Gasteiger partial charge in [0.15, 0.2) is 5.78 Å². The van der Waals surface area contributed by atoms with E-state index < -0.39 is 11.9 Å². The zero-order chi connectivity index (χ0) is 24.3. The summed E-state index contributed by atoms with van der Waals surface area (Å²) >= 11 is 0. The molecular weight excluding hydrogens is 418 g/mol. The number of carboxylic acid groups (broad SMARTS) is 1. The van der Waals surface area contributed by atoms with Crippen molar-refractivity contribution in [3.8, 4) is 5.88 Å². The van der Waals surface area contributed by atoms with Crippen LogP contribution in [-0.4, -0.2) is 27.8 Å². The molecule has 1 N–H and O–H groups in total. The number of hydrogen-bond acceptors (Lipinski definition) is 5. The van der Waals surface area contributed by atoms with Crippen LogP contribution in [0.25, 0.3) is 0 Å². The van der Waals surface area contributed by atoms with Gasteiger partial charge in [0, 0.05) is 24.2 Å². The van der Waals surface area contributed by atoms with Gasteiger partial charge >= 0.3 is 11.9 Å². The van der Waals surface area contributed by atoms with Gasteiger partial charge in [0.05, 0.1) is 11.1 Å². The lowest BCUT2D eigenvalue weighted by Crippen LogP contribution is -2.34. The lowest BCUT2D eigenvalue weighted by atomic mass is 9.62. The summed E-state index contributed by atoms with van der Waals surface area (Å²) in [6.07, 6.45) is 5.25. The van der Waals surface area contributed by atoms with Gasteiger partial charge in [-0.05, 0) is 59.4 Å². The van der Waals surface area contributed by atoms with E-state index in [0.717, 1.165) is 43.0 Å². The Kier molecular flexibility index (Phi) is 7.35. The average Bonchev–Trinajstić information content (AvgIpc) is 2.77. The van der Waals surface area contributed by atoms with Gasteiger partial charge in [-0.2, -0.15) is 0 Å². The van der Waals surface area contributed by atoms with Gasteiger partial charge < -0.3 is 9.84 Å². The topological polar surface area (TPSA) is 93.6 Å². The van der Waals surface area contributed by atoms with Gasteiger partial charge in [-0.25, -0.2) is 14.6 Å². The monoisotopic (exact) mass is 451 g/mol. The molecule has 0 amide bonds. The summed E-state index contributed by atoms with van der Waals surface area (Å²) in [6.45, 7) is 10.9. The first kappa shape index (κ1) is 24.6. The highest BCUT2D eigenvalue weighted by Gasteiger charge is 2.38. The van der Waals surface area contributed by atoms with E-state index in [2.05, 4.69) is 39.6 Å². The van der Waals surface area contributed by atoms with Crippen LogP contribution in [0.15, 0.2) is 30.5 Å². The number of nitrogens with zero attached hydrogens (tertiary/aromatic N) is 1. The van der Waals surface area contributed by atoms with E-state index in [-0.39, 0.29) is 34.1 Å². The fourth-order valence-corrected chi connectivity index (χ4v) is 4.59. The van der Waals surface area contributed by atoms with Crippen molar-refractivity contribution in [2.24, 2.45) is 5.92 Å². The van der Waals surface area contributed by atoms with E-state index in [4.69, 9.17) is 9.84 Å². The van der Waals surface area contributed by atoms with Gasteiger partial charge in [0.25, 0.3) is 0 Å². The van der Waals surface area contributed by atoms with Crippen LogP contribution in [0.2, 0.25) is 0 Å². The lowest BCUT2D eigenvalue weighted by Gasteiger charge is -2.42. The number of pyridine rings is 1. The Morgan fingerprint density at radius 2 is 1.85 bits per heavy atom. The minimum Gasteiger partial charge on any atom is -0.478 e. The molecule has 1 aliphatic rings. The molecule has 1 aromatic carbocycles. The van der Waals surface area contributed by atoms with Crippen LogP contribution in [0.1, 0.15) is 115 Å². The van der Waals surface area contributed by atoms with E-state index in [0.29, 0.717) is 17.9 Å². The molecule has 1 aromatic heterocycles. The highest BCUT2D eigenvalue weighted by molar-refractivity contribution is 6.07. The number of unbranched alkanes of at least 4 members (excludes halogenated alkanes) is 2. The second-order valence-corrected chi connectivity index (χ2v) is 9.70. The number of rotatable bonds is 8. The summed E-state index contributed by atoms with van der Waals surface area (Å²) in [4.78, 5) is 41.3. The first-order chi connectivity index (χ1) is 15.6. The van der Waals surface area contributed by atoms with E-state index in [1.807, 2.05) is 12.1 Å². The number of esters is 1. The van der Waals surface area contributed by atoms with Crippen molar-refractivity contribution >= 4 is 17.7 Å². The van der Waals surface area contributed by atoms with E-state index in [1.54, 1.807) is 0 Å². The summed E-state index contributed by atoms with van der Waals surface area (Å²) in [7, 11) is 0. The van der Waals surface area contributed by atoms with Crippen molar-refractivity contribution in [2.45, 2.75) is 78.1 Å². The quantitative estimate of drug-likeness (QED) is 0.292. The molecule has 0 spiro atoms. The number of aromatic carboxylic acids is 1. The molecule has 0 saturated heterocycles. The number of Topliss-reactive ketones (excluding diaryl/α,β-unsaturated/α-hetero) is 1. The highest BCUT2D eigenvalue weighted by Crippen LogP contribution is 2.47. The number of carboxylic acids is 1. The van der Waals surface area contributed by atoms with Crippen molar-refractivity contribution in [1.82, 2.24) is 4.98 Å². The Labute approximate surface area is 195 Å². The van der Waals surface area contributed by atoms with E-state index in [1.165, 1.54) is 12.1 Å². The summed E-state index contributed by atoms with van der Waals surface area (Å²) < 4.78 is 5.46. The highest BCUT2D eigenvalue weighted by atomic mass is 16.5. The second kappa shape index (κ2) is 9.86. The fourth-order valence-electron chi connectivity index (χ4n) is 4.59. The van der Waals surface area contributed by atoms with Gasteiger partial charge in [-0.3, -0.25) is 4.79 Å². The Hall–Kier alpha value is -3.02. The molecular formula is C27H33NO5. The largest absolute Gasteiger partial charge is 0.478 e. The van der Waals surface area contributed by atoms with Crippen LogP contribution in [0, 0.1) is 5.92 Å². The fraction of sp³-hybridized carbons (Fsp3) is 0.481. The molecule has 0 bridgehead atoms. The maximum atomic E-state index is 13.2. The maximum Gasteiger partial charge on any atom is 0.345 e. The number of fused-ring (bicyclic) bond motifs is 1. The lowest BCUT2D eigenvalue weighted by molar-refractivity contribution is 0.0696. The van der Waals surface area contributed by atoms with Crippen molar-refractivity contribution in [2.75, 3.05) is 0 Å². The SMILES string of the molecule is CCCCCC(=O)c1cc2c(cc1C(=O)Oc1ccc(C(=O)O)cn1)C(C)CC(C)C2(C)C. The molecule has 0 saturated carbocycles. The maximum absolute atomic E-state index is 13.2. The van der Waals surface area contributed by atoms with Crippen molar-refractivity contribution < 1.29 is 24.2 Å². The number of benzene rings is 1. The summed E-state index contributed by atoms with van der Waals surface area (Å²) in [5.74, 6) is -1.13. The third kappa shape index (κ3) is 5.15. The molecule has 6 nitrogen and oxygen atoms in total. The first-order valence-corrected chi connectivity index (χ1v) is 11.7. The van der Waals surface area contributed by atoms with Gasteiger partial charge in [0.2, 0.25) is 5.88 Å². The minimum absolute atomic E-state index is 0.000506. The molecule has 2 atom stereocenters. The van der Waals surface area contributed by atoms with Crippen molar-refractivity contribution in [3.05, 3.63) is 58.3 Å². The summed E-state index contributed by atoms with van der Waals surface area (Å²) in [5, 5.41) is 9.03. The number of ketones is 1. The number of carbonyl (C=O) groups is 3. The Balaban J connectivity index is 2.02. The minimum atomic E-state index is -1.11. The number of aromatic nitrogens is 1. The van der Waals surface area contributed by atoms with Crippen LogP contribution in [0.5, 0.6) is 5.88 Å². The molecule has 3 rings (SSSR count). The predicted octanol–water partition coefficient (Wildman–Crippen LogP) is 6.18. The molecule has 0 fully saturated rings. The third-order valence-corrected chi connectivity index (χ3v) is 7.06. The van der Waals surface area contributed by atoms with Crippen LogP contribution >= 0.6 is 0 Å². The molecule has 0 radical (unpaired) electrons. The van der Waals surface area contributed by atoms with Gasteiger partial charge in [-0.15, -0.1) is 0 Å². The molecule has 33 heavy (non-hydrogen) atoms. The average molecular weight is 452 g/mol. The Bertz CT molecular complexity index is 1050. The molecule has 2 aromatic rings. The zero-order valence-electron chi connectivity index (χ0n) is 20.1. The van der Waals surface area contributed by atoms with Crippen molar-refractivity contribution in [3.63, 3.8) is 0 Å². The van der Waals surface area contributed by atoms with Gasteiger partial charge in [0.1, 0.15) is 0 Å². The normalized spacial score (nSPS) is 18.9. The zero-order valence-corrected chi connectivity index (χ0v) is 20.1. The van der Waals surface area contributed by atoms with E-state index in [9.17, 15) is 14.4 Å². The summed E-state index contributed by atoms with van der Waals surface area (Å²) in [6, 6.07) is 6.41.